The van der Waals surface area contributed by atoms with Crippen LogP contribution in [-0.2, 0) is 9.59 Å². The fourth-order valence-electron chi connectivity index (χ4n) is 3.02. The maximum absolute atomic E-state index is 12.9. The summed E-state index contributed by atoms with van der Waals surface area (Å²) in [7, 11) is 0. The van der Waals surface area contributed by atoms with Crippen molar-refractivity contribution in [2.75, 3.05) is 16.8 Å². The summed E-state index contributed by atoms with van der Waals surface area (Å²) >= 11 is 0. The fraction of sp³-hybridized carbons (Fsp3) is 0.167. The van der Waals surface area contributed by atoms with E-state index in [1.807, 2.05) is 24.3 Å². The third-order valence-corrected chi connectivity index (χ3v) is 4.31. The molecule has 6 nitrogen and oxygen atoms in total. The molecule has 2 N–H and O–H groups in total. The van der Waals surface area contributed by atoms with Crippen LogP contribution in [0.15, 0.2) is 48.5 Å². The fourth-order valence-corrected chi connectivity index (χ4v) is 3.02. The number of carbonyl (C=O) groups is 2. The first-order chi connectivity index (χ1) is 12.1. The number of aromatic amines is 1. The molecule has 25 heavy (non-hydrogen) atoms. The Labute approximate surface area is 142 Å². The number of para-hydroxylation sites is 1. The molecule has 2 amide bonds. The van der Waals surface area contributed by atoms with Gasteiger partial charge in [0.25, 0.3) is 0 Å². The van der Waals surface area contributed by atoms with Crippen molar-refractivity contribution in [3.63, 3.8) is 0 Å². The van der Waals surface area contributed by atoms with E-state index in [9.17, 15) is 14.0 Å². The summed E-state index contributed by atoms with van der Waals surface area (Å²) in [5.74, 6) is -0.713. The molecular formula is C18H15FN4O2. The molecule has 1 fully saturated rings. The average Bonchev–Trinajstić information content (AvgIpc) is 3.20. The first-order valence-electron chi connectivity index (χ1n) is 7.92. The zero-order chi connectivity index (χ0) is 17.4. The van der Waals surface area contributed by atoms with Gasteiger partial charge < -0.3 is 5.32 Å². The highest BCUT2D eigenvalue weighted by atomic mass is 19.1. The van der Waals surface area contributed by atoms with Gasteiger partial charge in [-0.25, -0.2) is 4.39 Å². The quantitative estimate of drug-likeness (QED) is 0.771. The van der Waals surface area contributed by atoms with Crippen molar-refractivity contribution >= 4 is 34.2 Å². The van der Waals surface area contributed by atoms with Crippen LogP contribution < -0.4 is 10.2 Å². The molecule has 2 aromatic carbocycles. The third kappa shape index (κ3) is 2.84. The van der Waals surface area contributed by atoms with Crippen LogP contribution in [0.1, 0.15) is 6.42 Å². The van der Waals surface area contributed by atoms with E-state index in [0.29, 0.717) is 11.5 Å². The molecule has 3 aromatic rings. The molecule has 1 aromatic heterocycles. The predicted octanol–water partition coefficient (Wildman–Crippen LogP) is 2.69. The molecule has 0 bridgehead atoms. The number of rotatable bonds is 3. The maximum atomic E-state index is 12.9. The predicted molar refractivity (Wildman–Crippen MR) is 91.6 cm³/mol. The molecule has 0 radical (unpaired) electrons. The smallest absolute Gasteiger partial charge is 0.229 e. The van der Waals surface area contributed by atoms with Gasteiger partial charge in [-0.1, -0.05) is 12.1 Å². The summed E-state index contributed by atoms with van der Waals surface area (Å²) < 4.78 is 12.9. The summed E-state index contributed by atoms with van der Waals surface area (Å²) in [6.07, 6.45) is 0.119. The highest BCUT2D eigenvalue weighted by Crippen LogP contribution is 2.30. The largest absolute Gasteiger partial charge is 0.326 e. The summed E-state index contributed by atoms with van der Waals surface area (Å²) in [5, 5.41) is 10.7. The van der Waals surface area contributed by atoms with Gasteiger partial charge in [-0.15, -0.1) is 0 Å². The number of amides is 2. The first kappa shape index (κ1) is 15.3. The van der Waals surface area contributed by atoms with Gasteiger partial charge in [-0.2, -0.15) is 5.10 Å². The van der Waals surface area contributed by atoms with Crippen LogP contribution in [0.3, 0.4) is 0 Å². The standard InChI is InChI=1S/C18H15FN4O2/c19-12-5-7-13(8-6-12)20-18(25)11-9-16(24)23(10-11)17-14-3-1-2-4-15(14)21-22-17/h1-8,11H,9-10H2,(H,20,25)(H,21,22). The lowest BCUT2D eigenvalue weighted by Crippen LogP contribution is -2.28. The van der Waals surface area contributed by atoms with Gasteiger partial charge in [-0.05, 0) is 36.4 Å². The molecule has 0 saturated carbocycles. The molecule has 1 aliphatic heterocycles. The minimum absolute atomic E-state index is 0.119. The Morgan fingerprint density at radius 3 is 2.76 bits per heavy atom. The van der Waals surface area contributed by atoms with Gasteiger partial charge in [0.2, 0.25) is 11.8 Å². The van der Waals surface area contributed by atoms with Gasteiger partial charge in [-0.3, -0.25) is 19.6 Å². The van der Waals surface area contributed by atoms with Crippen LogP contribution in [0.25, 0.3) is 10.9 Å². The Morgan fingerprint density at radius 1 is 1.20 bits per heavy atom. The van der Waals surface area contributed by atoms with E-state index in [-0.39, 0.29) is 30.6 Å². The second kappa shape index (κ2) is 6.01. The molecule has 126 valence electrons. The molecule has 4 rings (SSSR count). The molecule has 7 heteroatoms. The van der Waals surface area contributed by atoms with E-state index in [4.69, 9.17) is 0 Å². The summed E-state index contributed by atoms with van der Waals surface area (Å²) in [6, 6.07) is 13.1. The zero-order valence-electron chi connectivity index (χ0n) is 13.2. The molecule has 0 spiro atoms. The minimum atomic E-state index is -0.479. The number of H-pyrrole nitrogens is 1. The number of nitrogens with one attached hydrogen (secondary N) is 2. The van der Waals surface area contributed by atoms with E-state index in [1.165, 1.54) is 29.2 Å². The lowest BCUT2D eigenvalue weighted by Gasteiger charge is -2.14. The van der Waals surface area contributed by atoms with E-state index in [0.717, 1.165) is 10.9 Å². The van der Waals surface area contributed by atoms with E-state index < -0.39 is 5.92 Å². The SMILES string of the molecule is O=C(Nc1ccc(F)cc1)C1CC(=O)N(c2n[nH]c3ccccc23)C1. The Balaban J connectivity index is 1.52. The number of hydrogen-bond acceptors (Lipinski definition) is 3. The number of anilines is 2. The van der Waals surface area contributed by atoms with E-state index >= 15 is 0 Å². The van der Waals surface area contributed by atoms with Crippen molar-refractivity contribution in [2.45, 2.75) is 6.42 Å². The molecule has 1 aliphatic rings. The monoisotopic (exact) mass is 338 g/mol. The van der Waals surface area contributed by atoms with Crippen molar-refractivity contribution < 1.29 is 14.0 Å². The lowest BCUT2D eigenvalue weighted by molar-refractivity contribution is -0.122. The molecular weight excluding hydrogens is 323 g/mol. The number of hydrogen-bond donors (Lipinski definition) is 2. The molecule has 1 unspecified atom stereocenters. The molecule has 1 atom stereocenters. The lowest BCUT2D eigenvalue weighted by atomic mass is 10.1. The second-order valence-electron chi connectivity index (χ2n) is 5.99. The summed E-state index contributed by atoms with van der Waals surface area (Å²) in [5.41, 5.74) is 1.34. The average molecular weight is 338 g/mol. The number of carbonyl (C=O) groups excluding carboxylic acids is 2. The van der Waals surface area contributed by atoms with Crippen LogP contribution in [0.4, 0.5) is 15.9 Å². The van der Waals surface area contributed by atoms with Crippen molar-refractivity contribution in [3.05, 3.63) is 54.3 Å². The Kier molecular flexibility index (Phi) is 3.68. The highest BCUT2D eigenvalue weighted by Gasteiger charge is 2.36. The van der Waals surface area contributed by atoms with E-state index in [1.54, 1.807) is 0 Å². The first-order valence-corrected chi connectivity index (χ1v) is 7.92. The second-order valence-corrected chi connectivity index (χ2v) is 5.99. The summed E-state index contributed by atoms with van der Waals surface area (Å²) in [4.78, 5) is 26.3. The van der Waals surface area contributed by atoms with Crippen LogP contribution in [-0.4, -0.2) is 28.6 Å². The van der Waals surface area contributed by atoms with Crippen molar-refractivity contribution in [1.29, 1.82) is 0 Å². The minimum Gasteiger partial charge on any atom is -0.326 e. The van der Waals surface area contributed by atoms with Crippen LogP contribution in [0, 0.1) is 11.7 Å². The number of benzene rings is 2. The van der Waals surface area contributed by atoms with Gasteiger partial charge >= 0.3 is 0 Å². The highest BCUT2D eigenvalue weighted by molar-refractivity contribution is 6.06. The van der Waals surface area contributed by atoms with Crippen LogP contribution in [0.5, 0.6) is 0 Å². The number of halogens is 1. The maximum Gasteiger partial charge on any atom is 0.229 e. The molecule has 2 heterocycles. The number of aromatic nitrogens is 2. The summed E-state index contributed by atoms with van der Waals surface area (Å²) in [6.45, 7) is 0.265. The number of nitrogens with zero attached hydrogens (tertiary/aromatic N) is 2. The topological polar surface area (TPSA) is 78.1 Å². The van der Waals surface area contributed by atoms with Gasteiger partial charge in [0.15, 0.2) is 5.82 Å². The van der Waals surface area contributed by atoms with Crippen LogP contribution >= 0.6 is 0 Å². The van der Waals surface area contributed by atoms with Crippen molar-refractivity contribution in [3.8, 4) is 0 Å². The Bertz CT molecular complexity index is 951. The number of fused-ring (bicyclic) bond motifs is 1. The van der Waals surface area contributed by atoms with Gasteiger partial charge in [0.05, 0.1) is 11.4 Å². The Morgan fingerprint density at radius 2 is 1.96 bits per heavy atom. The van der Waals surface area contributed by atoms with Crippen molar-refractivity contribution in [1.82, 2.24) is 10.2 Å². The Hall–Kier alpha value is -3.22. The van der Waals surface area contributed by atoms with Crippen LogP contribution in [0.2, 0.25) is 0 Å². The molecule has 1 saturated heterocycles. The van der Waals surface area contributed by atoms with E-state index in [2.05, 4.69) is 15.5 Å². The zero-order valence-corrected chi connectivity index (χ0v) is 13.2. The van der Waals surface area contributed by atoms with Gasteiger partial charge in [0, 0.05) is 24.0 Å². The van der Waals surface area contributed by atoms with Crippen molar-refractivity contribution in [2.24, 2.45) is 5.92 Å². The third-order valence-electron chi connectivity index (χ3n) is 4.31. The normalized spacial score (nSPS) is 17.2. The van der Waals surface area contributed by atoms with Gasteiger partial charge in [0.1, 0.15) is 5.82 Å². The molecule has 0 aliphatic carbocycles.